The van der Waals surface area contributed by atoms with Crippen molar-refractivity contribution in [1.29, 1.82) is 0 Å². The summed E-state index contributed by atoms with van der Waals surface area (Å²) < 4.78 is 5.73. The van der Waals surface area contributed by atoms with Gasteiger partial charge in [-0.05, 0) is 50.9 Å². The molecule has 0 saturated carbocycles. The van der Waals surface area contributed by atoms with Crippen LogP contribution in [0.15, 0.2) is 11.5 Å². The van der Waals surface area contributed by atoms with Crippen LogP contribution in [0, 0.1) is 5.92 Å². The van der Waals surface area contributed by atoms with Crippen LogP contribution in [0.1, 0.15) is 53.4 Å². The molecule has 0 aromatic carbocycles. The average Bonchev–Trinajstić information content (AvgIpc) is 2.18. The molecule has 2 nitrogen and oxygen atoms in total. The van der Waals surface area contributed by atoms with Gasteiger partial charge in [0.2, 0.25) is 0 Å². The van der Waals surface area contributed by atoms with Crippen molar-refractivity contribution in [2.45, 2.75) is 59.0 Å². The molecule has 0 atom stereocenters. The van der Waals surface area contributed by atoms with Gasteiger partial charge in [-0.2, -0.15) is 0 Å². The Morgan fingerprint density at radius 2 is 2.07 bits per heavy atom. The second-order valence-electron chi connectivity index (χ2n) is 5.25. The van der Waals surface area contributed by atoms with Gasteiger partial charge in [0.25, 0.3) is 0 Å². The molecular formula is C12H23BO2. The molecule has 1 aliphatic carbocycles. The van der Waals surface area contributed by atoms with Crippen LogP contribution in [-0.4, -0.2) is 17.7 Å². The molecule has 15 heavy (non-hydrogen) atoms. The molecule has 0 saturated heterocycles. The molecule has 1 N–H and O–H groups in total. The predicted molar refractivity (Wildman–Crippen MR) is 64.5 cm³/mol. The molecule has 0 heterocycles. The van der Waals surface area contributed by atoms with E-state index in [4.69, 9.17) is 4.65 Å². The van der Waals surface area contributed by atoms with Crippen molar-refractivity contribution >= 4 is 7.12 Å². The smallest absolute Gasteiger partial charge is 0.423 e. The van der Waals surface area contributed by atoms with Crippen molar-refractivity contribution < 1.29 is 9.68 Å². The Labute approximate surface area is 93.9 Å². The van der Waals surface area contributed by atoms with Crippen LogP contribution in [0.2, 0.25) is 0 Å². The molecule has 3 heteroatoms. The minimum atomic E-state index is -0.706. The summed E-state index contributed by atoms with van der Waals surface area (Å²) in [7, 11) is -0.706. The first-order chi connectivity index (χ1) is 6.93. The van der Waals surface area contributed by atoms with Crippen LogP contribution in [0.25, 0.3) is 0 Å². The first kappa shape index (κ1) is 12.8. The van der Waals surface area contributed by atoms with Crippen LogP contribution in [0.4, 0.5) is 0 Å². The summed E-state index contributed by atoms with van der Waals surface area (Å²) in [4.78, 5) is 0. The molecule has 0 fully saturated rings. The van der Waals surface area contributed by atoms with Gasteiger partial charge < -0.3 is 9.68 Å². The molecule has 0 bridgehead atoms. The van der Waals surface area contributed by atoms with Crippen LogP contribution in [0.3, 0.4) is 0 Å². The van der Waals surface area contributed by atoms with E-state index in [1.54, 1.807) is 0 Å². The van der Waals surface area contributed by atoms with Crippen LogP contribution in [-0.2, 0) is 4.65 Å². The second-order valence-corrected chi connectivity index (χ2v) is 5.25. The zero-order chi connectivity index (χ0) is 11.5. The Morgan fingerprint density at radius 1 is 1.40 bits per heavy atom. The van der Waals surface area contributed by atoms with E-state index in [0.29, 0.717) is 5.92 Å². The molecule has 1 rings (SSSR count). The highest BCUT2D eigenvalue weighted by molar-refractivity contribution is 6.52. The number of hydrogen-bond donors (Lipinski definition) is 1. The molecule has 0 spiro atoms. The summed E-state index contributed by atoms with van der Waals surface area (Å²) in [5.74, 6) is 0.399. The Hall–Kier alpha value is -0.275. The van der Waals surface area contributed by atoms with E-state index in [9.17, 15) is 5.02 Å². The normalized spacial score (nSPS) is 17.9. The number of allylic oxidation sites excluding steroid dienone is 2. The molecule has 0 aromatic rings. The van der Waals surface area contributed by atoms with Gasteiger partial charge >= 0.3 is 7.12 Å². The van der Waals surface area contributed by atoms with E-state index in [1.165, 1.54) is 12.8 Å². The fourth-order valence-electron chi connectivity index (χ4n) is 1.59. The maximum absolute atomic E-state index is 9.97. The average molecular weight is 210 g/mol. The monoisotopic (exact) mass is 210 g/mol. The highest BCUT2D eigenvalue weighted by Gasteiger charge is 2.31. The Kier molecular flexibility index (Phi) is 4.41. The van der Waals surface area contributed by atoms with Gasteiger partial charge in [-0.1, -0.05) is 19.9 Å². The van der Waals surface area contributed by atoms with Crippen LogP contribution >= 0.6 is 0 Å². The number of hydrogen-bond acceptors (Lipinski definition) is 2. The highest BCUT2D eigenvalue weighted by atomic mass is 16.5. The third-order valence-electron chi connectivity index (χ3n) is 3.45. The maximum atomic E-state index is 9.97. The fraction of sp³-hybridized carbons (Fsp3) is 0.833. The topological polar surface area (TPSA) is 29.5 Å². The first-order valence-corrected chi connectivity index (χ1v) is 5.98. The third-order valence-corrected chi connectivity index (χ3v) is 3.45. The molecule has 0 aromatic heterocycles. The summed E-state index contributed by atoms with van der Waals surface area (Å²) >= 11 is 0. The van der Waals surface area contributed by atoms with Crippen molar-refractivity contribution in [2.75, 3.05) is 0 Å². The Morgan fingerprint density at radius 3 is 2.53 bits per heavy atom. The largest absolute Gasteiger partial charge is 0.486 e. The second kappa shape index (κ2) is 5.17. The van der Waals surface area contributed by atoms with Crippen molar-refractivity contribution in [2.24, 2.45) is 5.92 Å². The summed E-state index contributed by atoms with van der Waals surface area (Å²) in [5, 5.41) is 9.97. The number of rotatable bonds is 4. The predicted octanol–water partition coefficient (Wildman–Crippen LogP) is 2.96. The van der Waals surface area contributed by atoms with Crippen LogP contribution < -0.4 is 0 Å². The molecule has 0 amide bonds. The molecule has 86 valence electrons. The zero-order valence-electron chi connectivity index (χ0n) is 10.4. The van der Waals surface area contributed by atoms with Gasteiger partial charge in [0.05, 0.1) is 5.60 Å². The Balaban J connectivity index is 2.54. The lowest BCUT2D eigenvalue weighted by atomic mass is 9.72. The summed E-state index contributed by atoms with van der Waals surface area (Å²) in [6, 6.07) is 0. The van der Waals surface area contributed by atoms with Crippen molar-refractivity contribution in [3.8, 4) is 0 Å². The van der Waals surface area contributed by atoms with E-state index >= 15 is 0 Å². The lowest BCUT2D eigenvalue weighted by molar-refractivity contribution is 0.0403. The summed E-state index contributed by atoms with van der Waals surface area (Å²) in [5.41, 5.74) is 0.799. The van der Waals surface area contributed by atoms with Gasteiger partial charge in [-0.25, -0.2) is 0 Å². The van der Waals surface area contributed by atoms with E-state index in [2.05, 4.69) is 19.9 Å². The minimum absolute atomic E-state index is 0.266. The summed E-state index contributed by atoms with van der Waals surface area (Å²) in [6.45, 7) is 8.29. The zero-order valence-corrected chi connectivity index (χ0v) is 10.4. The van der Waals surface area contributed by atoms with Gasteiger partial charge in [-0.3, -0.25) is 0 Å². The van der Waals surface area contributed by atoms with Gasteiger partial charge in [0.15, 0.2) is 0 Å². The quantitative estimate of drug-likeness (QED) is 0.723. The summed E-state index contributed by atoms with van der Waals surface area (Å²) in [6.07, 6.45) is 6.61. The maximum Gasteiger partial charge on any atom is 0.486 e. The van der Waals surface area contributed by atoms with E-state index in [-0.39, 0.29) is 5.60 Å². The Bertz CT molecular complexity index is 234. The minimum Gasteiger partial charge on any atom is -0.423 e. The van der Waals surface area contributed by atoms with Crippen LogP contribution in [0.5, 0.6) is 0 Å². The van der Waals surface area contributed by atoms with Crippen molar-refractivity contribution in [1.82, 2.24) is 0 Å². The fourth-order valence-corrected chi connectivity index (χ4v) is 1.59. The van der Waals surface area contributed by atoms with E-state index in [1.807, 2.05) is 13.8 Å². The van der Waals surface area contributed by atoms with Crippen molar-refractivity contribution in [3.05, 3.63) is 11.5 Å². The molecule has 0 unspecified atom stereocenters. The molecule has 0 radical (unpaired) electrons. The lowest BCUT2D eigenvalue weighted by Gasteiger charge is -2.32. The van der Waals surface area contributed by atoms with Gasteiger partial charge in [-0.15, -0.1) is 0 Å². The first-order valence-electron chi connectivity index (χ1n) is 5.98. The van der Waals surface area contributed by atoms with E-state index < -0.39 is 7.12 Å². The standard InChI is InChI=1S/C12H23BO2/c1-10(2)12(3,4)15-13(14)11-8-6-5-7-9-11/h8,10,14H,5-7,9H2,1-4H3. The highest BCUT2D eigenvalue weighted by Crippen LogP contribution is 2.25. The third kappa shape index (κ3) is 3.65. The molecule has 1 aliphatic rings. The SMILES string of the molecule is CC(C)C(C)(C)OB(O)C1=CCCCC1. The molecule has 0 aliphatic heterocycles. The van der Waals surface area contributed by atoms with Crippen molar-refractivity contribution in [3.63, 3.8) is 0 Å². The van der Waals surface area contributed by atoms with Gasteiger partial charge in [0.1, 0.15) is 0 Å². The van der Waals surface area contributed by atoms with E-state index in [0.717, 1.165) is 18.3 Å². The van der Waals surface area contributed by atoms with Gasteiger partial charge in [0, 0.05) is 0 Å². The molecular weight excluding hydrogens is 187 g/mol. The lowest BCUT2D eigenvalue weighted by Crippen LogP contribution is -2.39.